The van der Waals surface area contributed by atoms with Crippen molar-refractivity contribution in [2.24, 2.45) is 0 Å². The van der Waals surface area contributed by atoms with E-state index in [1.807, 2.05) is 42.5 Å². The van der Waals surface area contributed by atoms with Gasteiger partial charge in [-0.2, -0.15) is 0 Å². The molecule has 0 aliphatic rings. The summed E-state index contributed by atoms with van der Waals surface area (Å²) in [7, 11) is 0. The van der Waals surface area contributed by atoms with Crippen LogP contribution in [0.3, 0.4) is 0 Å². The summed E-state index contributed by atoms with van der Waals surface area (Å²) in [6, 6.07) is 13.4. The smallest absolute Gasteiger partial charge is 0.0357 e. The first kappa shape index (κ1) is 12.3. The van der Waals surface area contributed by atoms with E-state index in [0.29, 0.717) is 5.69 Å². The molecule has 0 amide bonds. The van der Waals surface area contributed by atoms with Crippen molar-refractivity contribution in [1.29, 1.82) is 0 Å². The SMILES string of the molecule is CC(C)(c1ccccc1N)c1cc(N)ccc1N. The van der Waals surface area contributed by atoms with Gasteiger partial charge < -0.3 is 17.2 Å². The first-order valence-electron chi connectivity index (χ1n) is 5.93. The van der Waals surface area contributed by atoms with Crippen LogP contribution in [0, 0.1) is 0 Å². The van der Waals surface area contributed by atoms with Crippen LogP contribution in [0.25, 0.3) is 0 Å². The Bertz CT molecular complexity index is 574. The standard InChI is InChI=1S/C15H19N3/c1-15(2,11-5-3-4-6-13(11)17)12-9-10(16)7-8-14(12)18/h3-9H,16-18H2,1-2H3. The molecule has 2 rings (SSSR count). The fourth-order valence-corrected chi connectivity index (χ4v) is 2.33. The summed E-state index contributed by atoms with van der Waals surface area (Å²) in [6.45, 7) is 4.20. The van der Waals surface area contributed by atoms with Gasteiger partial charge in [0.15, 0.2) is 0 Å². The largest absolute Gasteiger partial charge is 0.399 e. The lowest BCUT2D eigenvalue weighted by Crippen LogP contribution is -2.22. The summed E-state index contributed by atoms with van der Waals surface area (Å²) in [4.78, 5) is 0. The molecule has 0 saturated heterocycles. The molecule has 0 unspecified atom stereocenters. The van der Waals surface area contributed by atoms with Gasteiger partial charge in [0, 0.05) is 22.5 Å². The van der Waals surface area contributed by atoms with E-state index in [4.69, 9.17) is 17.2 Å². The highest BCUT2D eigenvalue weighted by Gasteiger charge is 2.27. The molecule has 0 atom stereocenters. The van der Waals surface area contributed by atoms with E-state index < -0.39 is 0 Å². The van der Waals surface area contributed by atoms with Crippen LogP contribution in [-0.4, -0.2) is 0 Å². The third-order valence-electron chi connectivity index (χ3n) is 3.38. The summed E-state index contributed by atoms with van der Waals surface area (Å²) < 4.78 is 0. The van der Waals surface area contributed by atoms with Crippen molar-refractivity contribution >= 4 is 17.1 Å². The molecule has 0 aliphatic carbocycles. The lowest BCUT2D eigenvalue weighted by molar-refractivity contribution is 0.646. The topological polar surface area (TPSA) is 78.1 Å². The second-order valence-electron chi connectivity index (χ2n) is 5.06. The Morgan fingerprint density at radius 3 is 2.06 bits per heavy atom. The molecule has 0 heterocycles. The van der Waals surface area contributed by atoms with Gasteiger partial charge in [-0.05, 0) is 35.4 Å². The van der Waals surface area contributed by atoms with Crippen molar-refractivity contribution in [3.05, 3.63) is 53.6 Å². The highest BCUT2D eigenvalue weighted by atomic mass is 14.6. The summed E-state index contributed by atoms with van der Waals surface area (Å²) in [5, 5.41) is 0. The van der Waals surface area contributed by atoms with Gasteiger partial charge >= 0.3 is 0 Å². The molecule has 6 N–H and O–H groups in total. The maximum atomic E-state index is 6.07. The Labute approximate surface area is 108 Å². The van der Waals surface area contributed by atoms with Crippen molar-refractivity contribution in [3.8, 4) is 0 Å². The van der Waals surface area contributed by atoms with Crippen LogP contribution < -0.4 is 17.2 Å². The first-order chi connectivity index (χ1) is 8.43. The van der Waals surface area contributed by atoms with Crippen LogP contribution in [0.15, 0.2) is 42.5 Å². The third kappa shape index (κ3) is 1.99. The molecule has 0 saturated carbocycles. The second-order valence-corrected chi connectivity index (χ2v) is 5.06. The number of hydrogen-bond donors (Lipinski definition) is 3. The van der Waals surface area contributed by atoms with Crippen LogP contribution in [0.5, 0.6) is 0 Å². The number of rotatable bonds is 2. The van der Waals surface area contributed by atoms with Crippen LogP contribution in [-0.2, 0) is 5.41 Å². The predicted octanol–water partition coefficient (Wildman–Crippen LogP) is 2.76. The number of nitrogens with two attached hydrogens (primary N) is 3. The van der Waals surface area contributed by atoms with E-state index in [1.54, 1.807) is 0 Å². The zero-order chi connectivity index (χ0) is 13.3. The molecule has 0 spiro atoms. The Kier molecular flexibility index (Phi) is 2.91. The fraction of sp³-hybridized carbons (Fsp3) is 0.200. The normalized spacial score (nSPS) is 11.4. The van der Waals surface area contributed by atoms with Gasteiger partial charge in [0.05, 0.1) is 0 Å². The van der Waals surface area contributed by atoms with Gasteiger partial charge in [0.2, 0.25) is 0 Å². The van der Waals surface area contributed by atoms with Gasteiger partial charge in [-0.1, -0.05) is 32.0 Å². The summed E-state index contributed by atoms with van der Waals surface area (Å²) in [5.74, 6) is 0. The Morgan fingerprint density at radius 2 is 1.39 bits per heavy atom. The molecule has 3 heteroatoms. The average Bonchev–Trinajstić information content (AvgIpc) is 2.32. The average molecular weight is 241 g/mol. The molecular formula is C15H19N3. The second kappa shape index (κ2) is 4.26. The van der Waals surface area contributed by atoms with Crippen molar-refractivity contribution in [2.75, 3.05) is 17.2 Å². The minimum Gasteiger partial charge on any atom is -0.399 e. The van der Waals surface area contributed by atoms with Gasteiger partial charge in [0.1, 0.15) is 0 Å². The van der Waals surface area contributed by atoms with Crippen molar-refractivity contribution in [2.45, 2.75) is 19.3 Å². The van der Waals surface area contributed by atoms with E-state index >= 15 is 0 Å². The van der Waals surface area contributed by atoms with Gasteiger partial charge in [-0.25, -0.2) is 0 Å². The van der Waals surface area contributed by atoms with Crippen LogP contribution >= 0.6 is 0 Å². The quantitative estimate of drug-likeness (QED) is 0.707. The molecule has 0 aliphatic heterocycles. The Morgan fingerprint density at radius 1 is 0.778 bits per heavy atom. The summed E-state index contributed by atoms with van der Waals surface area (Å²) in [6.07, 6.45) is 0. The van der Waals surface area contributed by atoms with E-state index in [9.17, 15) is 0 Å². The third-order valence-corrected chi connectivity index (χ3v) is 3.38. The highest BCUT2D eigenvalue weighted by Crippen LogP contribution is 2.38. The Hall–Kier alpha value is -2.16. The van der Waals surface area contributed by atoms with Gasteiger partial charge in [-0.3, -0.25) is 0 Å². The van der Waals surface area contributed by atoms with Crippen molar-refractivity contribution < 1.29 is 0 Å². The molecule has 0 bridgehead atoms. The number of hydrogen-bond acceptors (Lipinski definition) is 3. The Balaban J connectivity index is 2.61. The lowest BCUT2D eigenvalue weighted by atomic mass is 9.76. The van der Waals surface area contributed by atoms with E-state index in [1.165, 1.54) is 0 Å². The molecule has 3 nitrogen and oxygen atoms in total. The molecule has 94 valence electrons. The molecule has 18 heavy (non-hydrogen) atoms. The van der Waals surface area contributed by atoms with E-state index in [2.05, 4.69) is 13.8 Å². The van der Waals surface area contributed by atoms with Crippen LogP contribution in [0.2, 0.25) is 0 Å². The van der Waals surface area contributed by atoms with Gasteiger partial charge in [-0.15, -0.1) is 0 Å². The van der Waals surface area contributed by atoms with Crippen LogP contribution in [0.4, 0.5) is 17.1 Å². The number of anilines is 3. The molecule has 0 aromatic heterocycles. The zero-order valence-corrected chi connectivity index (χ0v) is 10.8. The maximum absolute atomic E-state index is 6.07. The highest BCUT2D eigenvalue weighted by molar-refractivity contribution is 5.63. The maximum Gasteiger partial charge on any atom is 0.0357 e. The van der Waals surface area contributed by atoms with Crippen molar-refractivity contribution in [1.82, 2.24) is 0 Å². The lowest BCUT2D eigenvalue weighted by Gasteiger charge is -2.29. The molecule has 0 fully saturated rings. The molecule has 2 aromatic rings. The molecule has 2 aromatic carbocycles. The van der Waals surface area contributed by atoms with Crippen molar-refractivity contribution in [3.63, 3.8) is 0 Å². The van der Waals surface area contributed by atoms with E-state index in [0.717, 1.165) is 22.5 Å². The number of nitrogen functional groups attached to an aromatic ring is 3. The number of benzene rings is 2. The minimum atomic E-state index is -0.273. The monoisotopic (exact) mass is 241 g/mol. The predicted molar refractivity (Wildman–Crippen MR) is 78.2 cm³/mol. The van der Waals surface area contributed by atoms with Gasteiger partial charge in [0.25, 0.3) is 0 Å². The summed E-state index contributed by atoms with van der Waals surface area (Å²) in [5.41, 5.74) is 22.0. The van der Waals surface area contributed by atoms with E-state index in [-0.39, 0.29) is 5.41 Å². The molecule has 0 radical (unpaired) electrons. The minimum absolute atomic E-state index is 0.273. The number of para-hydroxylation sites is 1. The summed E-state index contributed by atoms with van der Waals surface area (Å²) >= 11 is 0. The molecular weight excluding hydrogens is 222 g/mol. The fourth-order valence-electron chi connectivity index (χ4n) is 2.33. The first-order valence-corrected chi connectivity index (χ1v) is 5.93. The van der Waals surface area contributed by atoms with Crippen LogP contribution in [0.1, 0.15) is 25.0 Å². The zero-order valence-electron chi connectivity index (χ0n) is 10.8.